The largest absolute Gasteiger partial charge is 0.435 e. The van der Waals surface area contributed by atoms with E-state index in [-0.39, 0.29) is 11.5 Å². The summed E-state index contributed by atoms with van der Waals surface area (Å²) in [4.78, 5) is 27.9. The van der Waals surface area contributed by atoms with Crippen molar-refractivity contribution in [2.75, 3.05) is 7.05 Å². The number of carbonyl (C=O) groups excluding carboxylic acids is 1. The van der Waals surface area contributed by atoms with Gasteiger partial charge in [0.05, 0.1) is 25.3 Å². The smallest absolute Gasteiger partial charge is 0.416 e. The van der Waals surface area contributed by atoms with Crippen LogP contribution in [0.4, 0.5) is 13.2 Å². The highest BCUT2D eigenvalue weighted by molar-refractivity contribution is 6.47. The second kappa shape index (κ2) is 12.6. The van der Waals surface area contributed by atoms with Crippen LogP contribution in [0, 0.1) is 0 Å². The second-order valence-electron chi connectivity index (χ2n) is 8.45. The number of aliphatic imine (C=N–C) groups is 2. The number of halogens is 3. The summed E-state index contributed by atoms with van der Waals surface area (Å²) in [6.45, 7) is 7.03. The van der Waals surface area contributed by atoms with E-state index in [1.807, 2.05) is 19.1 Å². The number of nitrogens with zero attached hydrogens (tertiary/aromatic N) is 4. The van der Waals surface area contributed by atoms with Gasteiger partial charge < -0.3 is 4.42 Å². The molecule has 0 unspecified atom stereocenters. The van der Waals surface area contributed by atoms with E-state index in [2.05, 4.69) is 9.98 Å². The van der Waals surface area contributed by atoms with E-state index >= 15 is 0 Å². The first-order valence-corrected chi connectivity index (χ1v) is 12.1. The van der Waals surface area contributed by atoms with E-state index in [9.17, 15) is 18.0 Å². The molecule has 0 bridgehead atoms. The van der Waals surface area contributed by atoms with Crippen LogP contribution >= 0.6 is 0 Å². The predicted octanol–water partition coefficient (Wildman–Crippen LogP) is 6.81. The van der Waals surface area contributed by atoms with Crippen molar-refractivity contribution in [3.05, 3.63) is 101 Å². The highest BCUT2D eigenvalue weighted by Gasteiger charge is 2.31. The summed E-state index contributed by atoms with van der Waals surface area (Å²) >= 11 is 0. The lowest BCUT2D eigenvalue weighted by Gasteiger charge is -2.26. The van der Waals surface area contributed by atoms with Crippen molar-refractivity contribution in [1.29, 1.82) is 0 Å². The number of carbonyl (C=O) groups is 1. The van der Waals surface area contributed by atoms with E-state index in [4.69, 9.17) is 17.3 Å². The third kappa shape index (κ3) is 6.63. The highest BCUT2D eigenvalue weighted by Crippen LogP contribution is 2.32. The zero-order valence-corrected chi connectivity index (χ0v) is 22.4. The topological polar surface area (TPSA) is 71.1 Å². The van der Waals surface area contributed by atoms with Crippen LogP contribution in [-0.2, 0) is 11.0 Å². The van der Waals surface area contributed by atoms with E-state index in [1.54, 1.807) is 45.2 Å². The molecule has 1 aromatic heterocycles. The van der Waals surface area contributed by atoms with Crippen molar-refractivity contribution < 1.29 is 22.4 Å². The molecular weight excluding hydrogens is 504 g/mol. The van der Waals surface area contributed by atoms with Crippen molar-refractivity contribution >= 4 is 36.3 Å². The van der Waals surface area contributed by atoms with E-state index in [1.165, 1.54) is 30.3 Å². The Labute approximate surface area is 227 Å². The summed E-state index contributed by atoms with van der Waals surface area (Å²) in [7, 11) is 7.18. The van der Waals surface area contributed by atoms with E-state index in [0.717, 1.165) is 12.1 Å². The average Bonchev–Trinajstić information content (AvgIpc) is 3.41. The maximum Gasteiger partial charge on any atom is 0.416 e. The molecule has 0 saturated heterocycles. The van der Waals surface area contributed by atoms with Crippen LogP contribution in [0.5, 0.6) is 0 Å². The third-order valence-corrected chi connectivity index (χ3v) is 5.91. The highest BCUT2D eigenvalue weighted by atomic mass is 19.4. The number of amides is 1. The second-order valence-corrected chi connectivity index (χ2v) is 8.45. The molecule has 10 heteroatoms. The molecule has 1 amide bonds. The molecular formula is C29H28BF3N4O2. The maximum atomic E-state index is 13.4. The normalized spacial score (nSPS) is 18.1. The van der Waals surface area contributed by atoms with Gasteiger partial charge in [0.25, 0.3) is 5.91 Å². The Morgan fingerprint density at radius 2 is 1.87 bits per heavy atom. The number of hydrogen-bond acceptors (Lipinski definition) is 5. The molecule has 39 heavy (non-hydrogen) atoms. The molecule has 0 spiro atoms. The van der Waals surface area contributed by atoms with Crippen molar-refractivity contribution in [1.82, 2.24) is 9.88 Å². The average molecular weight is 532 g/mol. The predicted molar refractivity (Wildman–Crippen MR) is 149 cm³/mol. The Hall–Kier alpha value is -4.21. The number of benzene rings is 1. The molecule has 0 N–H and O–H groups in total. The Balaban J connectivity index is 2.17. The Bertz CT molecular complexity index is 1440. The Morgan fingerprint density at radius 1 is 1.18 bits per heavy atom. The van der Waals surface area contributed by atoms with Gasteiger partial charge in [0, 0.05) is 24.4 Å². The molecule has 1 aliphatic rings. The van der Waals surface area contributed by atoms with Crippen molar-refractivity contribution in [2.24, 2.45) is 9.98 Å². The third-order valence-electron chi connectivity index (χ3n) is 5.91. The first-order chi connectivity index (χ1) is 18.5. The molecule has 0 atom stereocenters. The number of rotatable bonds is 7. The minimum absolute atomic E-state index is 0.203. The molecule has 2 heterocycles. The lowest BCUT2D eigenvalue weighted by atomic mass is 10.0. The fourth-order valence-electron chi connectivity index (χ4n) is 3.84. The lowest BCUT2D eigenvalue weighted by Crippen LogP contribution is -2.36. The van der Waals surface area contributed by atoms with Crippen molar-refractivity contribution in [2.45, 2.75) is 40.2 Å². The fraction of sp³-hybridized carbons (Fsp3) is 0.241. The van der Waals surface area contributed by atoms with Gasteiger partial charge in [-0.3, -0.25) is 14.7 Å². The molecule has 2 aromatic rings. The number of allylic oxidation sites excluding steroid dienone is 7. The summed E-state index contributed by atoms with van der Waals surface area (Å²) in [5, 5.41) is 0. The van der Waals surface area contributed by atoms with Gasteiger partial charge in [-0.25, -0.2) is 9.98 Å². The van der Waals surface area contributed by atoms with Crippen molar-refractivity contribution in [3.8, 4) is 0 Å². The van der Waals surface area contributed by atoms with Gasteiger partial charge in [0.15, 0.2) is 5.76 Å². The Morgan fingerprint density at radius 3 is 2.44 bits per heavy atom. The molecule has 3 rings (SSSR count). The van der Waals surface area contributed by atoms with Gasteiger partial charge in [-0.1, -0.05) is 42.8 Å². The number of oxazole rings is 1. The minimum Gasteiger partial charge on any atom is -0.435 e. The SMILES string of the molecule is [B]C/C=C(\C=C/C)c1ncc(/C(C)=N/C(=C(\C)c2ccc(C(F)(F)F)cc2)N2C=C/C(=C/C)C(=NC)C2=O)o1. The minimum atomic E-state index is -4.47. The molecule has 1 aliphatic heterocycles. The molecule has 200 valence electrons. The summed E-state index contributed by atoms with van der Waals surface area (Å²) in [6.07, 6.45) is 7.81. The fourth-order valence-corrected chi connectivity index (χ4v) is 3.84. The first-order valence-electron chi connectivity index (χ1n) is 12.1. The summed E-state index contributed by atoms with van der Waals surface area (Å²) in [5.74, 6) is 0.474. The summed E-state index contributed by atoms with van der Waals surface area (Å²) < 4.78 is 45.4. The van der Waals surface area contributed by atoms with E-state index in [0.29, 0.717) is 46.0 Å². The summed E-state index contributed by atoms with van der Waals surface area (Å²) in [5.41, 5.74) is 2.14. The van der Waals surface area contributed by atoms with Gasteiger partial charge in [-0.15, -0.1) is 0 Å². The number of aromatic nitrogens is 1. The number of alkyl halides is 3. The van der Waals surface area contributed by atoms with Crippen LogP contribution in [0.3, 0.4) is 0 Å². The monoisotopic (exact) mass is 532 g/mol. The molecule has 0 aliphatic carbocycles. The van der Waals surface area contributed by atoms with Gasteiger partial charge in [0.2, 0.25) is 5.89 Å². The van der Waals surface area contributed by atoms with Crippen LogP contribution < -0.4 is 0 Å². The standard InChI is InChI=1S/C29H28BF3N4O2/c1-6-8-22(13-15-30)27-35-17-24(39-27)19(4)36-26(37-16-14-20(7-2)25(34-5)28(37)38)18(3)21-9-11-23(12-10-21)29(31,32)33/h6-14,16-17H,15H2,1-5H3/b8-6-,20-7-,22-13+,26-18-,34-25?,36-19+. The van der Waals surface area contributed by atoms with Gasteiger partial charge in [-0.2, -0.15) is 13.2 Å². The summed E-state index contributed by atoms with van der Waals surface area (Å²) in [6, 6.07) is 4.68. The van der Waals surface area contributed by atoms with Crippen LogP contribution in [0.1, 0.15) is 50.5 Å². The molecule has 0 fully saturated rings. The number of hydrogen-bond donors (Lipinski definition) is 0. The molecule has 2 radical (unpaired) electrons. The van der Waals surface area contributed by atoms with Crippen LogP contribution in [0.25, 0.3) is 11.1 Å². The zero-order chi connectivity index (χ0) is 28.7. The van der Waals surface area contributed by atoms with E-state index < -0.39 is 17.6 Å². The quantitative estimate of drug-likeness (QED) is 0.224. The molecule has 6 nitrogen and oxygen atoms in total. The maximum absolute atomic E-state index is 13.4. The van der Waals surface area contributed by atoms with Crippen LogP contribution in [-0.4, -0.2) is 42.1 Å². The van der Waals surface area contributed by atoms with Crippen LogP contribution in [0.2, 0.25) is 6.32 Å². The molecule has 0 saturated carbocycles. The van der Waals surface area contributed by atoms with Crippen molar-refractivity contribution in [3.63, 3.8) is 0 Å². The zero-order valence-electron chi connectivity index (χ0n) is 22.4. The van der Waals surface area contributed by atoms with Gasteiger partial charge in [-0.05, 0) is 57.0 Å². The lowest BCUT2D eigenvalue weighted by molar-refractivity contribution is -0.137. The van der Waals surface area contributed by atoms with Gasteiger partial charge >= 0.3 is 6.18 Å². The van der Waals surface area contributed by atoms with Crippen LogP contribution in [0.15, 0.2) is 92.8 Å². The van der Waals surface area contributed by atoms with Gasteiger partial charge in [0.1, 0.15) is 11.5 Å². The molecule has 1 aromatic carbocycles. The Kier molecular flexibility index (Phi) is 9.45. The first kappa shape index (κ1) is 29.4.